The zero-order valence-corrected chi connectivity index (χ0v) is 18.9. The maximum absolute atomic E-state index is 13.5. The Morgan fingerprint density at radius 2 is 1.74 bits per heavy atom. The molecular formula is C25H24F3N3O4. The Labute approximate surface area is 197 Å². The number of benzene rings is 2. The maximum Gasteiger partial charge on any atom is 0.416 e. The molecule has 0 aliphatic heterocycles. The smallest absolute Gasteiger partial charge is 0.416 e. The van der Waals surface area contributed by atoms with Gasteiger partial charge in [-0.05, 0) is 23.6 Å². The predicted octanol–water partition coefficient (Wildman–Crippen LogP) is 3.92. The van der Waals surface area contributed by atoms with Gasteiger partial charge in [0.1, 0.15) is 17.8 Å². The fraction of sp³-hybridized carbons (Fsp3) is 0.280. The fourth-order valence-electron chi connectivity index (χ4n) is 4.19. The van der Waals surface area contributed by atoms with E-state index in [4.69, 9.17) is 0 Å². The van der Waals surface area contributed by atoms with Gasteiger partial charge in [-0.25, -0.2) is 0 Å². The van der Waals surface area contributed by atoms with Crippen molar-refractivity contribution in [2.24, 2.45) is 5.92 Å². The van der Waals surface area contributed by atoms with Gasteiger partial charge in [0.2, 0.25) is 5.91 Å². The number of aliphatic hydroxyl groups excluding tert-OH is 1. The number of carbonyl (C=O) groups is 1. The third-order valence-corrected chi connectivity index (χ3v) is 5.98. The molecule has 1 amide bonds. The second-order valence-corrected chi connectivity index (χ2v) is 8.72. The molecule has 7 nitrogen and oxygen atoms in total. The summed E-state index contributed by atoms with van der Waals surface area (Å²) in [6.45, 7) is 2.32. The number of hydrogen-bond acceptors (Lipinski definition) is 4. The van der Waals surface area contributed by atoms with E-state index in [9.17, 15) is 33.0 Å². The van der Waals surface area contributed by atoms with Gasteiger partial charge in [0.05, 0.1) is 17.3 Å². The summed E-state index contributed by atoms with van der Waals surface area (Å²) in [6.07, 6.45) is -7.67. The summed E-state index contributed by atoms with van der Waals surface area (Å²) >= 11 is 0. The third kappa shape index (κ3) is 4.61. The molecule has 4 rings (SSSR count). The van der Waals surface area contributed by atoms with Gasteiger partial charge in [-0.1, -0.05) is 56.3 Å². The van der Waals surface area contributed by atoms with Crippen molar-refractivity contribution < 1.29 is 28.2 Å². The number of aromatic nitrogens is 2. The van der Waals surface area contributed by atoms with E-state index in [1.807, 2.05) is 0 Å². The van der Waals surface area contributed by atoms with Gasteiger partial charge in [-0.15, -0.1) is 0 Å². The predicted molar refractivity (Wildman–Crippen MR) is 126 cm³/mol. The van der Waals surface area contributed by atoms with Crippen molar-refractivity contribution >= 4 is 27.7 Å². The SMILES string of the molecule is CC(C)C(NC(=O)Cn1c(-c2ccccc2)cc2c([nH]c3c(O)cccc32)c1=O)C(O)C(F)(F)F. The van der Waals surface area contributed by atoms with Crippen molar-refractivity contribution in [3.8, 4) is 17.0 Å². The number of carbonyl (C=O) groups excluding carboxylic acids is 1. The van der Waals surface area contributed by atoms with Crippen LogP contribution < -0.4 is 10.9 Å². The number of aromatic hydroxyl groups is 1. The first kappa shape index (κ1) is 24.3. The van der Waals surface area contributed by atoms with Gasteiger partial charge >= 0.3 is 6.18 Å². The molecule has 4 N–H and O–H groups in total. The van der Waals surface area contributed by atoms with Crippen LogP contribution in [0.2, 0.25) is 0 Å². The molecule has 35 heavy (non-hydrogen) atoms. The lowest BCUT2D eigenvalue weighted by atomic mass is 9.98. The van der Waals surface area contributed by atoms with E-state index in [0.29, 0.717) is 27.5 Å². The molecule has 0 spiro atoms. The second-order valence-electron chi connectivity index (χ2n) is 8.72. The number of rotatable bonds is 6. The first-order valence-electron chi connectivity index (χ1n) is 11.0. The highest BCUT2D eigenvalue weighted by Gasteiger charge is 2.45. The number of aromatic amines is 1. The van der Waals surface area contributed by atoms with Crippen LogP contribution >= 0.6 is 0 Å². The van der Waals surface area contributed by atoms with Gasteiger partial charge < -0.3 is 20.5 Å². The molecule has 2 unspecified atom stereocenters. The Morgan fingerprint density at radius 1 is 1.06 bits per heavy atom. The molecule has 0 radical (unpaired) electrons. The lowest BCUT2D eigenvalue weighted by Gasteiger charge is -2.29. The van der Waals surface area contributed by atoms with Crippen LogP contribution in [0, 0.1) is 5.92 Å². The summed E-state index contributed by atoms with van der Waals surface area (Å²) in [5.41, 5.74) is 0.910. The molecule has 0 aliphatic carbocycles. The van der Waals surface area contributed by atoms with Gasteiger partial charge in [0, 0.05) is 10.8 Å². The molecule has 0 saturated heterocycles. The number of alkyl halides is 3. The lowest BCUT2D eigenvalue weighted by molar-refractivity contribution is -0.215. The Kier molecular flexibility index (Phi) is 6.33. The van der Waals surface area contributed by atoms with Crippen LogP contribution in [0.25, 0.3) is 33.1 Å². The average molecular weight is 487 g/mol. The summed E-state index contributed by atoms with van der Waals surface area (Å²) in [4.78, 5) is 29.3. The highest BCUT2D eigenvalue weighted by molar-refractivity contribution is 6.09. The number of pyridine rings is 1. The standard InChI is InChI=1S/C25H24F3N3O4/c1-13(2)20(23(34)25(26,27)28)29-19(33)12-31-17(14-7-4-3-5-8-14)11-16-15-9-6-10-18(32)21(15)30-22(16)24(31)35/h3-11,13,20,23,30,32,34H,12H2,1-2H3,(H,29,33). The average Bonchev–Trinajstić information content (AvgIpc) is 3.19. The molecule has 0 fully saturated rings. The number of nitrogens with zero attached hydrogens (tertiary/aromatic N) is 1. The van der Waals surface area contributed by atoms with E-state index in [1.54, 1.807) is 48.5 Å². The number of aliphatic hydroxyl groups is 1. The summed E-state index contributed by atoms with van der Waals surface area (Å²) in [6, 6.07) is 13.7. The first-order valence-corrected chi connectivity index (χ1v) is 11.0. The van der Waals surface area contributed by atoms with Crippen molar-refractivity contribution in [2.75, 3.05) is 0 Å². The third-order valence-electron chi connectivity index (χ3n) is 5.98. The van der Waals surface area contributed by atoms with E-state index in [1.165, 1.54) is 19.9 Å². The number of H-pyrrole nitrogens is 1. The number of phenols is 1. The number of hydrogen-bond donors (Lipinski definition) is 4. The summed E-state index contributed by atoms with van der Waals surface area (Å²) in [5.74, 6) is -1.63. The number of halogens is 3. The van der Waals surface area contributed by atoms with Crippen molar-refractivity contribution in [1.29, 1.82) is 0 Å². The maximum atomic E-state index is 13.5. The number of nitrogens with one attached hydrogen (secondary N) is 2. The van der Waals surface area contributed by atoms with Gasteiger partial charge in [-0.3, -0.25) is 14.2 Å². The van der Waals surface area contributed by atoms with Crippen LogP contribution in [0.5, 0.6) is 5.75 Å². The zero-order valence-electron chi connectivity index (χ0n) is 18.9. The van der Waals surface area contributed by atoms with Crippen molar-refractivity contribution in [3.63, 3.8) is 0 Å². The topological polar surface area (TPSA) is 107 Å². The minimum atomic E-state index is -4.92. The zero-order chi connectivity index (χ0) is 25.5. The van der Waals surface area contributed by atoms with E-state index in [0.717, 1.165) is 4.57 Å². The van der Waals surface area contributed by atoms with Crippen molar-refractivity contribution in [1.82, 2.24) is 14.9 Å². The Hall–Kier alpha value is -3.79. The van der Waals surface area contributed by atoms with Gasteiger partial charge in [0.15, 0.2) is 6.10 Å². The lowest BCUT2D eigenvalue weighted by Crippen LogP contribution is -2.53. The Morgan fingerprint density at radius 3 is 2.37 bits per heavy atom. The number of para-hydroxylation sites is 1. The molecule has 0 aliphatic rings. The Bertz CT molecular complexity index is 1440. The minimum Gasteiger partial charge on any atom is -0.506 e. The van der Waals surface area contributed by atoms with Crippen LogP contribution in [0.1, 0.15) is 13.8 Å². The van der Waals surface area contributed by atoms with Crippen LogP contribution in [-0.2, 0) is 11.3 Å². The van der Waals surface area contributed by atoms with Crippen LogP contribution in [0.4, 0.5) is 13.2 Å². The summed E-state index contributed by atoms with van der Waals surface area (Å²) < 4.78 is 40.5. The molecule has 2 heterocycles. The van der Waals surface area contributed by atoms with E-state index in [-0.39, 0.29) is 11.3 Å². The van der Waals surface area contributed by atoms with Gasteiger partial charge in [-0.2, -0.15) is 13.2 Å². The van der Waals surface area contributed by atoms with Crippen LogP contribution in [0.15, 0.2) is 59.4 Å². The molecular weight excluding hydrogens is 463 g/mol. The molecule has 184 valence electrons. The molecule has 10 heteroatoms. The first-order chi connectivity index (χ1) is 16.5. The molecule has 4 aromatic rings. The molecule has 0 saturated carbocycles. The largest absolute Gasteiger partial charge is 0.506 e. The van der Waals surface area contributed by atoms with E-state index in [2.05, 4.69) is 10.3 Å². The van der Waals surface area contributed by atoms with Crippen LogP contribution in [0.3, 0.4) is 0 Å². The number of fused-ring (bicyclic) bond motifs is 3. The summed E-state index contributed by atoms with van der Waals surface area (Å²) in [5, 5.41) is 23.3. The Balaban J connectivity index is 1.82. The van der Waals surface area contributed by atoms with Crippen LogP contribution in [-0.4, -0.2) is 44.0 Å². The van der Waals surface area contributed by atoms with E-state index >= 15 is 0 Å². The monoisotopic (exact) mass is 487 g/mol. The fourth-order valence-corrected chi connectivity index (χ4v) is 4.19. The highest BCUT2D eigenvalue weighted by Crippen LogP contribution is 2.32. The second kappa shape index (κ2) is 9.10. The minimum absolute atomic E-state index is 0.0513. The van der Waals surface area contributed by atoms with Crippen molar-refractivity contribution in [3.05, 3.63) is 65.0 Å². The normalized spacial score (nSPS) is 13.9. The molecule has 2 atom stereocenters. The number of phenolic OH excluding ortho intramolecular Hbond substituents is 1. The molecule has 2 aromatic heterocycles. The quantitative estimate of drug-likeness (QED) is 0.331. The number of amides is 1. The van der Waals surface area contributed by atoms with E-state index < -0.39 is 42.3 Å². The summed E-state index contributed by atoms with van der Waals surface area (Å²) in [7, 11) is 0. The highest BCUT2D eigenvalue weighted by atomic mass is 19.4. The molecule has 2 aromatic carbocycles. The van der Waals surface area contributed by atoms with Crippen molar-refractivity contribution in [2.45, 2.75) is 38.7 Å². The van der Waals surface area contributed by atoms with Gasteiger partial charge in [0.25, 0.3) is 5.56 Å². The molecule has 0 bridgehead atoms.